The molecule has 0 nitrogen and oxygen atoms in total. The van der Waals surface area contributed by atoms with Gasteiger partial charge in [0.25, 0.3) is 0 Å². The summed E-state index contributed by atoms with van der Waals surface area (Å²) in [6.07, 6.45) is 5.06. The van der Waals surface area contributed by atoms with Crippen LogP contribution >= 0.6 is 0 Å². The van der Waals surface area contributed by atoms with Gasteiger partial charge in [-0.25, -0.2) is 0 Å². The second-order valence-electron chi connectivity index (χ2n) is 4.73. The van der Waals surface area contributed by atoms with Gasteiger partial charge in [0.1, 0.15) is 0 Å². The highest BCUT2D eigenvalue weighted by atomic mass is 14.2. The Morgan fingerprint density at radius 3 is 1.93 bits per heavy atom. The Morgan fingerprint density at radius 2 is 1.57 bits per heavy atom. The third-order valence-corrected chi connectivity index (χ3v) is 3.81. The lowest BCUT2D eigenvalue weighted by atomic mass is 9.81. The van der Waals surface area contributed by atoms with Gasteiger partial charge in [-0.2, -0.15) is 0 Å². The van der Waals surface area contributed by atoms with Crippen LogP contribution in [0.4, 0.5) is 0 Å². The minimum atomic E-state index is 0.702. The van der Waals surface area contributed by atoms with Gasteiger partial charge in [0.15, 0.2) is 0 Å². The van der Waals surface area contributed by atoms with E-state index in [1.165, 1.54) is 31.3 Å². The molecule has 0 aliphatic rings. The zero-order valence-corrected chi connectivity index (χ0v) is 10.8. The molecule has 0 saturated carbocycles. The summed E-state index contributed by atoms with van der Waals surface area (Å²) in [5, 5.41) is 0. The maximum absolute atomic E-state index is 4.23. The molecule has 0 heteroatoms. The fraction of sp³-hybridized carbons (Fsp3) is 0.857. The van der Waals surface area contributed by atoms with Gasteiger partial charge in [0.05, 0.1) is 0 Å². The van der Waals surface area contributed by atoms with E-state index in [9.17, 15) is 0 Å². The summed E-state index contributed by atoms with van der Waals surface area (Å²) in [7, 11) is 0. The molecule has 3 atom stereocenters. The number of hydrogen-bond acceptors (Lipinski definition) is 0. The van der Waals surface area contributed by atoms with Crippen LogP contribution in [0.1, 0.15) is 60.3 Å². The van der Waals surface area contributed by atoms with Crippen molar-refractivity contribution in [3.8, 4) is 0 Å². The SMILES string of the molecule is C=C(CC(CC)C(C)CC)C(C)CC. The van der Waals surface area contributed by atoms with Crippen LogP contribution in [-0.2, 0) is 0 Å². The van der Waals surface area contributed by atoms with Crippen molar-refractivity contribution in [1.82, 2.24) is 0 Å². The molecule has 0 N–H and O–H groups in total. The molecule has 0 bridgehead atoms. The van der Waals surface area contributed by atoms with Gasteiger partial charge in [-0.3, -0.25) is 0 Å². The van der Waals surface area contributed by atoms with Crippen LogP contribution in [0.3, 0.4) is 0 Å². The number of rotatable bonds is 7. The molecule has 0 heterocycles. The van der Waals surface area contributed by atoms with Gasteiger partial charge in [0, 0.05) is 0 Å². The minimum absolute atomic E-state index is 0.702. The van der Waals surface area contributed by atoms with Crippen LogP contribution < -0.4 is 0 Å². The summed E-state index contributed by atoms with van der Waals surface area (Å²) in [5.74, 6) is 2.40. The van der Waals surface area contributed by atoms with Gasteiger partial charge in [-0.05, 0) is 30.6 Å². The Bertz CT molecular complexity index is 157. The Morgan fingerprint density at radius 1 is 1.00 bits per heavy atom. The van der Waals surface area contributed by atoms with Crippen molar-refractivity contribution in [2.24, 2.45) is 17.8 Å². The molecule has 0 aromatic carbocycles. The Balaban J connectivity index is 4.11. The van der Waals surface area contributed by atoms with Crippen molar-refractivity contribution >= 4 is 0 Å². The summed E-state index contributed by atoms with van der Waals surface area (Å²) < 4.78 is 0. The first kappa shape index (κ1) is 13.7. The summed E-state index contributed by atoms with van der Waals surface area (Å²) >= 11 is 0. The molecule has 0 radical (unpaired) electrons. The molecule has 3 unspecified atom stereocenters. The molecule has 84 valence electrons. The van der Waals surface area contributed by atoms with Crippen molar-refractivity contribution in [1.29, 1.82) is 0 Å². The minimum Gasteiger partial charge on any atom is -0.0996 e. The van der Waals surface area contributed by atoms with Crippen LogP contribution in [0.15, 0.2) is 12.2 Å². The molecule has 0 aromatic heterocycles. The van der Waals surface area contributed by atoms with E-state index in [4.69, 9.17) is 0 Å². The second kappa shape index (κ2) is 7.09. The predicted octanol–water partition coefficient (Wildman–Crippen LogP) is 5.05. The second-order valence-corrected chi connectivity index (χ2v) is 4.73. The molecule has 0 aromatic rings. The zero-order chi connectivity index (χ0) is 11.1. The first-order chi connectivity index (χ1) is 6.56. The Labute approximate surface area is 90.8 Å². The first-order valence-corrected chi connectivity index (χ1v) is 6.24. The molecule has 0 rings (SSSR count). The summed E-state index contributed by atoms with van der Waals surface area (Å²) in [4.78, 5) is 0. The van der Waals surface area contributed by atoms with E-state index >= 15 is 0 Å². The van der Waals surface area contributed by atoms with E-state index in [1.807, 2.05) is 0 Å². The Kier molecular flexibility index (Phi) is 6.96. The smallest absolute Gasteiger partial charge is 0.0237 e. The monoisotopic (exact) mass is 196 g/mol. The van der Waals surface area contributed by atoms with E-state index in [1.54, 1.807) is 0 Å². The van der Waals surface area contributed by atoms with E-state index in [0.29, 0.717) is 5.92 Å². The van der Waals surface area contributed by atoms with Gasteiger partial charge in [0.2, 0.25) is 0 Å². The predicted molar refractivity (Wildman–Crippen MR) is 66.4 cm³/mol. The first-order valence-electron chi connectivity index (χ1n) is 6.24. The highest BCUT2D eigenvalue weighted by Gasteiger charge is 2.16. The van der Waals surface area contributed by atoms with Gasteiger partial charge in [-0.1, -0.05) is 59.6 Å². The number of hydrogen-bond donors (Lipinski definition) is 0. The molecular weight excluding hydrogens is 168 g/mol. The third-order valence-electron chi connectivity index (χ3n) is 3.81. The lowest BCUT2D eigenvalue weighted by Gasteiger charge is -2.24. The van der Waals surface area contributed by atoms with Crippen LogP contribution in [0, 0.1) is 17.8 Å². The van der Waals surface area contributed by atoms with Crippen LogP contribution in [0.5, 0.6) is 0 Å². The number of allylic oxidation sites excluding steroid dienone is 1. The van der Waals surface area contributed by atoms with Crippen molar-refractivity contribution in [2.75, 3.05) is 0 Å². The largest absolute Gasteiger partial charge is 0.0996 e. The molecular formula is C14H28. The highest BCUT2D eigenvalue weighted by Crippen LogP contribution is 2.28. The normalized spacial score (nSPS) is 17.5. The lowest BCUT2D eigenvalue weighted by Crippen LogP contribution is -2.12. The maximum Gasteiger partial charge on any atom is -0.0237 e. The summed E-state index contributed by atoms with van der Waals surface area (Å²) in [6, 6.07) is 0. The molecule has 14 heavy (non-hydrogen) atoms. The van der Waals surface area contributed by atoms with E-state index in [-0.39, 0.29) is 0 Å². The average molecular weight is 196 g/mol. The van der Waals surface area contributed by atoms with E-state index in [0.717, 1.165) is 11.8 Å². The molecule has 0 aliphatic carbocycles. The van der Waals surface area contributed by atoms with Crippen molar-refractivity contribution in [3.63, 3.8) is 0 Å². The summed E-state index contributed by atoms with van der Waals surface area (Å²) in [6.45, 7) is 15.7. The highest BCUT2D eigenvalue weighted by molar-refractivity contribution is 5.00. The summed E-state index contributed by atoms with van der Waals surface area (Å²) in [5.41, 5.74) is 1.46. The fourth-order valence-electron chi connectivity index (χ4n) is 1.91. The molecule has 0 spiro atoms. The van der Waals surface area contributed by atoms with E-state index in [2.05, 4.69) is 41.2 Å². The molecule has 0 amide bonds. The van der Waals surface area contributed by atoms with Gasteiger partial charge in [-0.15, -0.1) is 0 Å². The topological polar surface area (TPSA) is 0 Å². The molecule has 0 saturated heterocycles. The molecule has 0 fully saturated rings. The van der Waals surface area contributed by atoms with E-state index < -0.39 is 0 Å². The van der Waals surface area contributed by atoms with Crippen molar-refractivity contribution in [3.05, 3.63) is 12.2 Å². The third kappa shape index (κ3) is 4.30. The van der Waals surface area contributed by atoms with Crippen LogP contribution in [-0.4, -0.2) is 0 Å². The molecule has 0 aliphatic heterocycles. The lowest BCUT2D eigenvalue weighted by molar-refractivity contribution is 0.326. The van der Waals surface area contributed by atoms with Crippen LogP contribution in [0.2, 0.25) is 0 Å². The van der Waals surface area contributed by atoms with Crippen molar-refractivity contribution < 1.29 is 0 Å². The Hall–Kier alpha value is -0.260. The van der Waals surface area contributed by atoms with Crippen LogP contribution in [0.25, 0.3) is 0 Å². The van der Waals surface area contributed by atoms with Gasteiger partial charge >= 0.3 is 0 Å². The maximum atomic E-state index is 4.23. The fourth-order valence-corrected chi connectivity index (χ4v) is 1.91. The quantitative estimate of drug-likeness (QED) is 0.500. The standard InChI is InChI=1S/C14H28/c1-7-11(4)13(6)10-14(9-3)12(5)8-2/h11-12,14H,6-10H2,1-5H3. The van der Waals surface area contributed by atoms with Crippen molar-refractivity contribution in [2.45, 2.75) is 60.3 Å². The zero-order valence-electron chi connectivity index (χ0n) is 10.8. The average Bonchev–Trinajstić information content (AvgIpc) is 2.22. The van der Waals surface area contributed by atoms with Gasteiger partial charge < -0.3 is 0 Å².